The fourth-order valence-electron chi connectivity index (χ4n) is 2.37. The highest BCUT2D eigenvalue weighted by Crippen LogP contribution is 2.36. The number of carbonyl (C=O) groups excluding carboxylic acids is 1. The Morgan fingerprint density at radius 1 is 1.14 bits per heavy atom. The van der Waals surface area contributed by atoms with Gasteiger partial charge in [-0.2, -0.15) is 0 Å². The van der Waals surface area contributed by atoms with E-state index in [1.807, 2.05) is 0 Å². The molecule has 0 saturated carbocycles. The van der Waals surface area contributed by atoms with Crippen LogP contribution in [0.2, 0.25) is 0 Å². The molecule has 0 atom stereocenters. The second-order valence-electron chi connectivity index (χ2n) is 4.78. The van der Waals surface area contributed by atoms with Crippen LogP contribution in [0.3, 0.4) is 0 Å². The van der Waals surface area contributed by atoms with Gasteiger partial charge in [0.2, 0.25) is 0 Å². The van der Waals surface area contributed by atoms with Gasteiger partial charge in [-0.15, -0.1) is 0 Å². The number of aryl methyl sites for hydroxylation is 1. The third-order valence-corrected chi connectivity index (χ3v) is 3.37. The van der Waals surface area contributed by atoms with Crippen LogP contribution in [-0.2, 0) is 0 Å². The molecule has 1 aromatic carbocycles. The minimum Gasteiger partial charge on any atom is -0.506 e. The largest absolute Gasteiger partial charge is 0.506 e. The molecule has 0 aliphatic heterocycles. The summed E-state index contributed by atoms with van der Waals surface area (Å²) in [4.78, 5) is 27.6. The number of aliphatic hydroxyl groups excluding tert-OH is 1. The van der Waals surface area contributed by atoms with Gasteiger partial charge in [0, 0.05) is 16.8 Å². The van der Waals surface area contributed by atoms with Crippen LogP contribution < -0.4 is 0 Å². The quantitative estimate of drug-likeness (QED) is 0.883. The second kappa shape index (κ2) is 4.56. The van der Waals surface area contributed by atoms with E-state index < -0.39 is 5.97 Å². The van der Waals surface area contributed by atoms with Crippen molar-refractivity contribution in [3.63, 3.8) is 0 Å². The molecular weight excluding hydrogens is 270 g/mol. The van der Waals surface area contributed by atoms with E-state index in [2.05, 4.69) is 4.98 Å². The number of allylic oxidation sites excluding steroid dienone is 1. The fourth-order valence-corrected chi connectivity index (χ4v) is 2.37. The molecule has 0 radical (unpaired) electrons. The molecule has 0 unspecified atom stereocenters. The van der Waals surface area contributed by atoms with Crippen molar-refractivity contribution in [1.82, 2.24) is 4.98 Å². The van der Waals surface area contributed by atoms with Crippen LogP contribution >= 0.6 is 0 Å². The van der Waals surface area contributed by atoms with Crippen LogP contribution in [0.25, 0.3) is 11.3 Å². The van der Waals surface area contributed by atoms with Gasteiger partial charge in [-0.05, 0) is 37.3 Å². The molecule has 0 saturated heterocycles. The van der Waals surface area contributed by atoms with Crippen LogP contribution in [0.5, 0.6) is 0 Å². The number of aromatic nitrogens is 1. The average Bonchev–Trinajstić information content (AvgIpc) is 2.70. The smallest absolute Gasteiger partial charge is 0.335 e. The molecule has 3 rings (SSSR count). The minimum absolute atomic E-state index is 0.0200. The summed E-state index contributed by atoms with van der Waals surface area (Å²) in [6.45, 7) is 1.79. The van der Waals surface area contributed by atoms with Crippen molar-refractivity contribution in [2.75, 3.05) is 0 Å². The summed E-state index contributed by atoms with van der Waals surface area (Å²) in [6.07, 6.45) is 0. The molecule has 21 heavy (non-hydrogen) atoms. The number of carboxylic acids is 1. The highest BCUT2D eigenvalue weighted by atomic mass is 16.4. The van der Waals surface area contributed by atoms with Gasteiger partial charge < -0.3 is 10.2 Å². The van der Waals surface area contributed by atoms with Crippen molar-refractivity contribution < 1.29 is 19.8 Å². The number of rotatable bonds is 2. The third-order valence-electron chi connectivity index (χ3n) is 3.37. The molecule has 1 aliphatic rings. The molecule has 0 fully saturated rings. The van der Waals surface area contributed by atoms with Gasteiger partial charge in [-0.25, -0.2) is 4.79 Å². The van der Waals surface area contributed by atoms with E-state index in [9.17, 15) is 14.7 Å². The zero-order valence-electron chi connectivity index (χ0n) is 11.1. The number of pyridine rings is 1. The van der Waals surface area contributed by atoms with Crippen molar-refractivity contribution in [3.8, 4) is 0 Å². The van der Waals surface area contributed by atoms with Gasteiger partial charge in [0.25, 0.3) is 0 Å². The number of nitrogens with zero attached hydrogens (tertiary/aromatic N) is 1. The normalized spacial score (nSPS) is 13.5. The lowest BCUT2D eigenvalue weighted by Crippen LogP contribution is -2.02. The molecule has 1 aromatic heterocycles. The van der Waals surface area contributed by atoms with Crippen molar-refractivity contribution >= 4 is 23.1 Å². The number of ketones is 1. The first-order chi connectivity index (χ1) is 9.99. The van der Waals surface area contributed by atoms with Crippen LogP contribution in [0.15, 0.2) is 36.4 Å². The molecule has 104 valence electrons. The van der Waals surface area contributed by atoms with E-state index in [4.69, 9.17) is 5.11 Å². The highest BCUT2D eigenvalue weighted by Gasteiger charge is 2.32. The maximum atomic E-state index is 12.4. The van der Waals surface area contributed by atoms with Crippen LogP contribution in [0, 0.1) is 6.92 Å². The van der Waals surface area contributed by atoms with Gasteiger partial charge in [-0.1, -0.05) is 6.07 Å². The Bertz CT molecular complexity index is 821. The number of benzene rings is 1. The summed E-state index contributed by atoms with van der Waals surface area (Å²) in [5, 5.41) is 19.3. The zero-order chi connectivity index (χ0) is 15.1. The van der Waals surface area contributed by atoms with E-state index >= 15 is 0 Å². The summed E-state index contributed by atoms with van der Waals surface area (Å²) in [7, 11) is 0. The van der Waals surface area contributed by atoms with Crippen molar-refractivity contribution in [2.24, 2.45) is 0 Å². The summed E-state index contributed by atoms with van der Waals surface area (Å²) in [6, 6.07) is 9.24. The Labute approximate surface area is 120 Å². The molecule has 1 aliphatic carbocycles. The number of fused-ring (bicyclic) bond motifs is 1. The summed E-state index contributed by atoms with van der Waals surface area (Å²) in [5.74, 6) is -1.69. The molecule has 0 spiro atoms. The van der Waals surface area contributed by atoms with Crippen molar-refractivity contribution in [2.45, 2.75) is 6.92 Å². The van der Waals surface area contributed by atoms with Gasteiger partial charge in [0.1, 0.15) is 5.76 Å². The maximum Gasteiger partial charge on any atom is 0.335 e. The lowest BCUT2D eigenvalue weighted by atomic mass is 10.0. The number of hydrogen-bond acceptors (Lipinski definition) is 4. The van der Waals surface area contributed by atoms with E-state index in [0.29, 0.717) is 5.69 Å². The Hall–Kier alpha value is -2.95. The molecule has 2 aromatic rings. The number of aliphatic hydroxyl groups is 1. The Morgan fingerprint density at radius 2 is 1.90 bits per heavy atom. The predicted octanol–water partition coefficient (Wildman–Crippen LogP) is 2.71. The van der Waals surface area contributed by atoms with Gasteiger partial charge in [0.15, 0.2) is 5.78 Å². The van der Waals surface area contributed by atoms with Crippen molar-refractivity contribution in [1.29, 1.82) is 0 Å². The van der Waals surface area contributed by atoms with Crippen LogP contribution in [0.1, 0.15) is 37.7 Å². The predicted molar refractivity (Wildman–Crippen MR) is 76.1 cm³/mol. The minimum atomic E-state index is -1.11. The number of Topliss-reactive ketones (excluding diaryl/α,β-unsaturated/α-hetero) is 1. The fraction of sp³-hybridized carbons (Fsp3) is 0.0625. The zero-order valence-corrected chi connectivity index (χ0v) is 11.1. The van der Waals surface area contributed by atoms with Gasteiger partial charge in [-0.3, -0.25) is 9.78 Å². The van der Waals surface area contributed by atoms with Crippen LogP contribution in [-0.4, -0.2) is 26.9 Å². The van der Waals surface area contributed by atoms with Gasteiger partial charge >= 0.3 is 5.97 Å². The lowest BCUT2D eigenvalue weighted by Gasteiger charge is -2.02. The molecule has 0 amide bonds. The monoisotopic (exact) mass is 281 g/mol. The number of hydrogen-bond donors (Lipinski definition) is 2. The third kappa shape index (κ3) is 1.99. The molecule has 5 nitrogen and oxygen atoms in total. The molecular formula is C16H11NO4. The van der Waals surface area contributed by atoms with E-state index in [1.165, 1.54) is 18.2 Å². The molecule has 2 N–H and O–H groups in total. The van der Waals surface area contributed by atoms with Crippen molar-refractivity contribution in [3.05, 3.63) is 64.5 Å². The number of carboxylic acid groups (broad SMARTS) is 1. The first-order valence-electron chi connectivity index (χ1n) is 6.28. The van der Waals surface area contributed by atoms with E-state index in [0.717, 1.165) is 5.69 Å². The number of carbonyl (C=O) groups is 2. The van der Waals surface area contributed by atoms with E-state index in [-0.39, 0.29) is 33.8 Å². The Kier molecular flexibility index (Phi) is 2.83. The topological polar surface area (TPSA) is 87.5 Å². The van der Waals surface area contributed by atoms with Gasteiger partial charge in [0.05, 0.1) is 16.8 Å². The maximum absolute atomic E-state index is 12.4. The first-order valence-corrected chi connectivity index (χ1v) is 6.28. The summed E-state index contributed by atoms with van der Waals surface area (Å²) < 4.78 is 0. The van der Waals surface area contributed by atoms with E-state index in [1.54, 1.807) is 25.1 Å². The SMILES string of the molecule is Cc1cccc(C2=C(O)c3cc(C(=O)O)ccc3C2=O)n1. The first kappa shape index (κ1) is 13.1. The Balaban J connectivity index is 2.19. The highest BCUT2D eigenvalue weighted by molar-refractivity contribution is 6.38. The standard InChI is InChI=1S/C16H11NO4/c1-8-3-2-4-12(17-8)13-14(18)10-6-5-9(16(20)21)7-11(10)15(13)19/h2-7,19H,1H3,(H,20,21). The number of aromatic carboxylic acids is 1. The Morgan fingerprint density at radius 3 is 2.57 bits per heavy atom. The summed E-state index contributed by atoms with van der Waals surface area (Å²) >= 11 is 0. The average molecular weight is 281 g/mol. The summed E-state index contributed by atoms with van der Waals surface area (Å²) in [5.41, 5.74) is 1.75. The molecule has 0 bridgehead atoms. The van der Waals surface area contributed by atoms with Crippen LogP contribution in [0.4, 0.5) is 0 Å². The lowest BCUT2D eigenvalue weighted by molar-refractivity contribution is 0.0696. The second-order valence-corrected chi connectivity index (χ2v) is 4.78. The molecule has 5 heteroatoms. The molecule has 1 heterocycles.